The maximum atomic E-state index is 5.66. The summed E-state index contributed by atoms with van der Waals surface area (Å²) < 4.78 is 0. The third kappa shape index (κ3) is 2.64. The van der Waals surface area contributed by atoms with Crippen LogP contribution in [0.15, 0.2) is 6.07 Å². The minimum Gasteiger partial charge on any atom is -0.0826 e. The minimum absolute atomic E-state index is 0. The van der Waals surface area contributed by atoms with E-state index in [0.717, 1.165) is 0 Å². The maximum absolute atomic E-state index is 5.66. The van der Waals surface area contributed by atoms with Gasteiger partial charge in [0.1, 0.15) is 0 Å². The summed E-state index contributed by atoms with van der Waals surface area (Å²) in [7, 11) is 0. The zero-order valence-electron chi connectivity index (χ0n) is 5.67. The first-order chi connectivity index (χ1) is 5.04. The molecule has 0 saturated heterocycles. The van der Waals surface area contributed by atoms with E-state index in [1.54, 1.807) is 0 Å². The van der Waals surface area contributed by atoms with Crippen LogP contribution < -0.4 is 0 Å². The van der Waals surface area contributed by atoms with Gasteiger partial charge < -0.3 is 0 Å². The molecule has 0 spiro atoms. The van der Waals surface area contributed by atoms with Crippen molar-refractivity contribution in [1.82, 2.24) is 0 Å². The van der Waals surface area contributed by atoms with Crippen LogP contribution in [0.1, 0.15) is 0 Å². The number of hydrogen-bond acceptors (Lipinski definition) is 0. The number of halogens is 5. The first kappa shape index (κ1) is 13.3. The zero-order valence-corrected chi connectivity index (χ0v) is 12.4. The third-order valence-corrected chi connectivity index (χ3v) is 3.20. The van der Waals surface area contributed by atoms with E-state index < -0.39 is 0 Å². The summed E-state index contributed by atoms with van der Waals surface area (Å²) in [5.41, 5.74) is 0. The Morgan fingerprint density at radius 2 is 1.00 bits per heavy atom. The van der Waals surface area contributed by atoms with E-state index in [0.29, 0.717) is 10.0 Å². The molecule has 1 aromatic rings. The van der Waals surface area contributed by atoms with Gasteiger partial charge in [-0.2, -0.15) is 0 Å². The van der Waals surface area contributed by atoms with Crippen molar-refractivity contribution in [3.8, 4) is 0 Å². The van der Waals surface area contributed by atoms with E-state index in [1.807, 2.05) is 0 Å². The molecule has 0 heterocycles. The molecule has 6 heteroatoms. The Balaban J connectivity index is 0.00000121. The van der Waals surface area contributed by atoms with Gasteiger partial charge in [0, 0.05) is 19.5 Å². The Kier molecular flexibility index (Phi) is 5.81. The Labute approximate surface area is 108 Å². The van der Waals surface area contributed by atoms with Gasteiger partial charge >= 0.3 is 0 Å². The molecule has 0 saturated carbocycles. The van der Waals surface area contributed by atoms with E-state index in [1.165, 1.54) is 6.07 Å². The summed E-state index contributed by atoms with van der Waals surface area (Å²) in [6.45, 7) is 0. The average molecular weight is 316 g/mol. The summed E-state index contributed by atoms with van der Waals surface area (Å²) in [4.78, 5) is 0. The topological polar surface area (TPSA) is 0 Å². The summed E-state index contributed by atoms with van der Waals surface area (Å²) >= 11 is 28.2. The van der Waals surface area contributed by atoms with Gasteiger partial charge in [0.25, 0.3) is 0 Å². The quantitative estimate of drug-likeness (QED) is 0.361. The molecule has 0 radical (unpaired) electrons. The van der Waals surface area contributed by atoms with Gasteiger partial charge in [0.15, 0.2) is 0 Å². The van der Waals surface area contributed by atoms with Crippen LogP contribution in [0.4, 0.5) is 0 Å². The van der Waals surface area contributed by atoms with Crippen LogP contribution in [0, 0.1) is 0 Å². The third-order valence-electron chi connectivity index (χ3n) is 1.06. The molecule has 1 aromatic carbocycles. The van der Waals surface area contributed by atoms with Crippen LogP contribution >= 0.6 is 58.0 Å². The smallest absolute Gasteiger partial charge is 0.0808 e. The van der Waals surface area contributed by atoms with Gasteiger partial charge in [-0.3, -0.25) is 0 Å². The number of rotatable bonds is 0. The van der Waals surface area contributed by atoms with E-state index in [9.17, 15) is 0 Å². The summed E-state index contributed by atoms with van der Waals surface area (Å²) in [6, 6.07) is 1.44. The van der Waals surface area contributed by atoms with Gasteiger partial charge in [0.05, 0.1) is 25.1 Å². The molecule has 0 aliphatic heterocycles. The van der Waals surface area contributed by atoms with Crippen molar-refractivity contribution in [2.24, 2.45) is 0 Å². The fraction of sp³-hybridized carbons (Fsp3) is 0. The van der Waals surface area contributed by atoms with Crippen LogP contribution in [0.3, 0.4) is 0 Å². The minimum atomic E-state index is 0. The van der Waals surface area contributed by atoms with Crippen LogP contribution in [0.2, 0.25) is 25.1 Å². The van der Waals surface area contributed by atoms with Crippen molar-refractivity contribution in [3.63, 3.8) is 0 Å². The Hall–Kier alpha value is 1.29. The second-order valence-corrected chi connectivity index (χ2v) is 3.73. The molecular formula is C6HCl5Zn. The molecule has 0 aliphatic carbocycles. The van der Waals surface area contributed by atoms with E-state index in [2.05, 4.69) is 0 Å². The first-order valence-corrected chi connectivity index (χ1v) is 4.41. The largest absolute Gasteiger partial charge is 0.0826 e. The van der Waals surface area contributed by atoms with Crippen molar-refractivity contribution in [2.75, 3.05) is 0 Å². The van der Waals surface area contributed by atoms with Crippen LogP contribution in [0.25, 0.3) is 0 Å². The molecule has 0 aliphatic rings. The summed E-state index contributed by atoms with van der Waals surface area (Å²) in [6.07, 6.45) is 0. The van der Waals surface area contributed by atoms with Crippen molar-refractivity contribution < 1.29 is 19.5 Å². The molecule has 12 heavy (non-hydrogen) atoms. The number of benzene rings is 1. The molecule has 62 valence electrons. The second kappa shape index (κ2) is 5.24. The molecule has 0 aromatic heterocycles. The summed E-state index contributed by atoms with van der Waals surface area (Å²) in [5.74, 6) is 0. The van der Waals surface area contributed by atoms with Crippen LogP contribution in [-0.4, -0.2) is 0 Å². The van der Waals surface area contributed by atoms with Crippen LogP contribution in [-0.2, 0) is 19.5 Å². The number of hydrogen-bond donors (Lipinski definition) is 0. The second-order valence-electron chi connectivity index (χ2n) is 1.78. The van der Waals surface area contributed by atoms with Crippen molar-refractivity contribution in [2.45, 2.75) is 0 Å². The van der Waals surface area contributed by atoms with E-state index >= 15 is 0 Å². The molecule has 0 nitrogen and oxygen atoms in total. The maximum Gasteiger partial charge on any atom is 0.0808 e. The monoisotopic (exact) mass is 312 g/mol. The average Bonchev–Trinajstić information content (AvgIpc) is 1.97. The molecule has 0 N–H and O–H groups in total. The standard InChI is InChI=1S/C6HCl5.Zn/c7-2-1-3(8)5(10)6(11)4(2)9;/h1H;. The van der Waals surface area contributed by atoms with E-state index in [4.69, 9.17) is 58.0 Å². The Morgan fingerprint density at radius 1 is 0.667 bits per heavy atom. The van der Waals surface area contributed by atoms with Crippen molar-refractivity contribution >= 4 is 58.0 Å². The molecule has 0 amide bonds. The van der Waals surface area contributed by atoms with Gasteiger partial charge in [0.2, 0.25) is 0 Å². The van der Waals surface area contributed by atoms with Crippen LogP contribution in [0.5, 0.6) is 0 Å². The predicted molar refractivity (Wildman–Crippen MR) is 51.5 cm³/mol. The van der Waals surface area contributed by atoms with Gasteiger partial charge in [-0.05, 0) is 6.07 Å². The fourth-order valence-electron chi connectivity index (χ4n) is 0.544. The predicted octanol–water partition coefficient (Wildman–Crippen LogP) is 4.95. The Bertz CT molecular complexity index is 272. The van der Waals surface area contributed by atoms with Gasteiger partial charge in [-0.1, -0.05) is 58.0 Å². The van der Waals surface area contributed by atoms with Gasteiger partial charge in [-0.25, -0.2) is 0 Å². The zero-order chi connectivity index (χ0) is 8.59. The first-order valence-electron chi connectivity index (χ1n) is 2.52. The van der Waals surface area contributed by atoms with Gasteiger partial charge in [-0.15, -0.1) is 0 Å². The molecule has 0 unspecified atom stereocenters. The molecule has 1 rings (SSSR count). The van der Waals surface area contributed by atoms with E-state index in [-0.39, 0.29) is 34.5 Å². The van der Waals surface area contributed by atoms with Crippen molar-refractivity contribution in [1.29, 1.82) is 0 Å². The Morgan fingerprint density at radius 3 is 1.33 bits per heavy atom. The normalized spacial score (nSPS) is 9.42. The SMILES string of the molecule is Clc1cc(Cl)c(Cl)c(Cl)c1Cl.[Zn]. The molecular weight excluding hydrogens is 315 g/mol. The fourth-order valence-corrected chi connectivity index (χ4v) is 1.65. The molecule has 0 fully saturated rings. The van der Waals surface area contributed by atoms with Crippen molar-refractivity contribution in [3.05, 3.63) is 31.2 Å². The molecule has 0 atom stereocenters. The summed E-state index contributed by atoms with van der Waals surface area (Å²) in [5, 5.41) is 1.23. The molecule has 0 bridgehead atoms.